The second-order valence-corrected chi connectivity index (χ2v) is 7.01. The van der Waals surface area contributed by atoms with Crippen LogP contribution >= 0.6 is 0 Å². The molecule has 0 spiro atoms. The summed E-state index contributed by atoms with van der Waals surface area (Å²) < 4.78 is 23.0. The lowest BCUT2D eigenvalue weighted by Gasteiger charge is -2.12. The van der Waals surface area contributed by atoms with E-state index in [9.17, 15) is 8.42 Å². The quantitative estimate of drug-likeness (QED) is 0.833. The molecule has 21 heavy (non-hydrogen) atoms. The fourth-order valence-corrected chi connectivity index (χ4v) is 2.85. The molecule has 0 unspecified atom stereocenters. The van der Waals surface area contributed by atoms with E-state index in [0.29, 0.717) is 12.2 Å². The molecule has 0 amide bonds. The van der Waals surface area contributed by atoms with Crippen molar-refractivity contribution in [3.05, 3.63) is 53.6 Å². The van der Waals surface area contributed by atoms with E-state index in [2.05, 4.69) is 24.4 Å². The summed E-state index contributed by atoms with van der Waals surface area (Å²) in [7, 11) is -3.23. The van der Waals surface area contributed by atoms with Crippen LogP contribution in [0.3, 0.4) is 0 Å². The van der Waals surface area contributed by atoms with Gasteiger partial charge in [-0.2, -0.15) is 0 Å². The molecule has 0 saturated heterocycles. The Morgan fingerprint density at radius 3 is 2.33 bits per heavy atom. The molecule has 0 aliphatic carbocycles. The number of sulfone groups is 1. The molecule has 4 nitrogen and oxygen atoms in total. The molecule has 2 rings (SSSR count). The molecule has 3 N–H and O–H groups in total. The van der Waals surface area contributed by atoms with Gasteiger partial charge in [-0.3, -0.25) is 0 Å². The predicted molar refractivity (Wildman–Crippen MR) is 87.1 cm³/mol. The highest BCUT2D eigenvalue weighted by Crippen LogP contribution is 2.23. The van der Waals surface area contributed by atoms with E-state index in [4.69, 9.17) is 5.73 Å². The Balaban J connectivity index is 2.17. The van der Waals surface area contributed by atoms with Gasteiger partial charge in [0.2, 0.25) is 0 Å². The summed E-state index contributed by atoms with van der Waals surface area (Å²) in [5.74, 6) is 0. The first-order chi connectivity index (χ1) is 9.91. The summed E-state index contributed by atoms with van der Waals surface area (Å²) in [6, 6.07) is 13.0. The molecule has 2 aromatic rings. The first-order valence-corrected chi connectivity index (χ1v) is 8.71. The van der Waals surface area contributed by atoms with Gasteiger partial charge >= 0.3 is 0 Å². The zero-order chi connectivity index (χ0) is 15.5. The van der Waals surface area contributed by atoms with Gasteiger partial charge in [0.05, 0.1) is 16.3 Å². The Labute approximate surface area is 125 Å². The highest BCUT2D eigenvalue weighted by Gasteiger charge is 2.09. The smallest absolute Gasteiger partial charge is 0.175 e. The van der Waals surface area contributed by atoms with E-state index in [1.54, 1.807) is 12.1 Å². The van der Waals surface area contributed by atoms with Crippen LogP contribution in [-0.2, 0) is 22.8 Å². The van der Waals surface area contributed by atoms with Crippen molar-refractivity contribution in [2.75, 3.05) is 17.3 Å². The molecular weight excluding hydrogens is 284 g/mol. The average Bonchev–Trinajstić information content (AvgIpc) is 2.45. The van der Waals surface area contributed by atoms with Crippen molar-refractivity contribution in [1.29, 1.82) is 0 Å². The summed E-state index contributed by atoms with van der Waals surface area (Å²) in [5.41, 5.74) is 9.61. The van der Waals surface area contributed by atoms with Crippen LogP contribution in [0, 0.1) is 0 Å². The van der Waals surface area contributed by atoms with Crippen molar-refractivity contribution in [3.63, 3.8) is 0 Å². The predicted octanol–water partition coefficient (Wildman–Crippen LogP) is 2.85. The minimum atomic E-state index is -3.23. The molecule has 0 bridgehead atoms. The van der Waals surface area contributed by atoms with E-state index in [0.717, 1.165) is 12.1 Å². The number of hydrogen-bond acceptors (Lipinski definition) is 4. The molecule has 0 aliphatic rings. The summed E-state index contributed by atoms with van der Waals surface area (Å²) in [6.45, 7) is 2.78. The van der Waals surface area contributed by atoms with E-state index in [1.165, 1.54) is 23.4 Å². The lowest BCUT2D eigenvalue weighted by Crippen LogP contribution is -2.06. The van der Waals surface area contributed by atoms with E-state index < -0.39 is 9.84 Å². The number of aryl methyl sites for hydroxylation is 1. The topological polar surface area (TPSA) is 72.2 Å². The maximum atomic E-state index is 11.5. The second kappa shape index (κ2) is 6.18. The zero-order valence-electron chi connectivity index (χ0n) is 12.3. The molecule has 0 radical (unpaired) electrons. The third-order valence-electron chi connectivity index (χ3n) is 3.42. The van der Waals surface area contributed by atoms with Gasteiger partial charge in [0.15, 0.2) is 9.84 Å². The first-order valence-electron chi connectivity index (χ1n) is 6.82. The highest BCUT2D eigenvalue weighted by molar-refractivity contribution is 7.90. The van der Waals surface area contributed by atoms with Crippen LogP contribution in [-0.4, -0.2) is 14.7 Å². The number of benzene rings is 2. The zero-order valence-corrected chi connectivity index (χ0v) is 13.1. The Bertz CT molecular complexity index is 740. The van der Waals surface area contributed by atoms with Crippen molar-refractivity contribution in [1.82, 2.24) is 0 Å². The fourth-order valence-electron chi connectivity index (χ4n) is 2.20. The van der Waals surface area contributed by atoms with Gasteiger partial charge in [-0.1, -0.05) is 31.2 Å². The van der Waals surface area contributed by atoms with Crippen molar-refractivity contribution in [3.8, 4) is 0 Å². The van der Waals surface area contributed by atoms with Gasteiger partial charge < -0.3 is 11.1 Å². The Hall–Kier alpha value is -2.01. The van der Waals surface area contributed by atoms with Crippen molar-refractivity contribution >= 4 is 21.2 Å². The summed E-state index contributed by atoms with van der Waals surface area (Å²) in [6.07, 6.45) is 2.15. The molecule has 0 saturated carbocycles. The van der Waals surface area contributed by atoms with Crippen LogP contribution in [0.2, 0.25) is 0 Å². The van der Waals surface area contributed by atoms with Gasteiger partial charge in [0.25, 0.3) is 0 Å². The van der Waals surface area contributed by atoms with Gasteiger partial charge in [-0.25, -0.2) is 8.42 Å². The molecular formula is C16H20N2O2S. The normalized spacial score (nSPS) is 11.3. The lowest BCUT2D eigenvalue weighted by molar-refractivity contribution is 0.602. The molecule has 0 aromatic heterocycles. The van der Waals surface area contributed by atoms with Gasteiger partial charge in [0, 0.05) is 12.8 Å². The summed E-state index contributed by atoms with van der Waals surface area (Å²) >= 11 is 0. The minimum Gasteiger partial charge on any atom is -0.397 e. The van der Waals surface area contributed by atoms with Gasteiger partial charge in [-0.05, 0) is 35.7 Å². The molecule has 0 heterocycles. The minimum absolute atomic E-state index is 0.236. The van der Waals surface area contributed by atoms with E-state index in [-0.39, 0.29) is 4.90 Å². The number of nitrogen functional groups attached to an aromatic ring is 1. The van der Waals surface area contributed by atoms with Gasteiger partial charge in [0.1, 0.15) is 0 Å². The number of hydrogen-bond donors (Lipinski definition) is 2. The Kier molecular flexibility index (Phi) is 4.53. The largest absolute Gasteiger partial charge is 0.397 e. The first kappa shape index (κ1) is 15.4. The van der Waals surface area contributed by atoms with Crippen LogP contribution in [0.1, 0.15) is 18.1 Å². The standard InChI is InChI=1S/C16H20N2O2S/c1-3-12-6-4-5-7-13(12)11-18-16-9-8-14(10-15(16)17)21(2,19)20/h4-10,18H,3,11,17H2,1-2H3. The van der Waals surface area contributed by atoms with Crippen molar-refractivity contribution < 1.29 is 8.42 Å². The third kappa shape index (κ3) is 3.76. The monoisotopic (exact) mass is 304 g/mol. The van der Waals surface area contributed by atoms with Gasteiger partial charge in [-0.15, -0.1) is 0 Å². The maximum absolute atomic E-state index is 11.5. The summed E-state index contributed by atoms with van der Waals surface area (Å²) in [4.78, 5) is 0.236. The molecule has 5 heteroatoms. The lowest BCUT2D eigenvalue weighted by atomic mass is 10.1. The summed E-state index contributed by atoms with van der Waals surface area (Å²) in [5, 5.41) is 3.26. The van der Waals surface area contributed by atoms with Crippen LogP contribution in [0.4, 0.5) is 11.4 Å². The van der Waals surface area contributed by atoms with E-state index >= 15 is 0 Å². The Morgan fingerprint density at radius 1 is 1.10 bits per heavy atom. The van der Waals surface area contributed by atoms with Crippen molar-refractivity contribution in [2.45, 2.75) is 24.8 Å². The highest BCUT2D eigenvalue weighted by atomic mass is 32.2. The number of nitrogens with one attached hydrogen (secondary N) is 1. The van der Waals surface area contributed by atoms with Crippen molar-refractivity contribution in [2.24, 2.45) is 0 Å². The van der Waals surface area contributed by atoms with Crippen LogP contribution in [0.25, 0.3) is 0 Å². The average molecular weight is 304 g/mol. The second-order valence-electron chi connectivity index (χ2n) is 5.00. The molecule has 0 fully saturated rings. The molecule has 112 valence electrons. The molecule has 0 atom stereocenters. The number of anilines is 2. The van der Waals surface area contributed by atoms with E-state index in [1.807, 2.05) is 12.1 Å². The van der Waals surface area contributed by atoms with Crippen LogP contribution in [0.15, 0.2) is 47.4 Å². The Morgan fingerprint density at radius 2 is 1.76 bits per heavy atom. The third-order valence-corrected chi connectivity index (χ3v) is 4.53. The SMILES string of the molecule is CCc1ccccc1CNc1ccc(S(C)(=O)=O)cc1N. The van der Waals surface area contributed by atoms with Crippen LogP contribution < -0.4 is 11.1 Å². The molecule has 2 aromatic carbocycles. The number of nitrogens with two attached hydrogens (primary N) is 1. The molecule has 0 aliphatic heterocycles. The van der Waals surface area contributed by atoms with Crippen LogP contribution in [0.5, 0.6) is 0 Å². The fraction of sp³-hybridized carbons (Fsp3) is 0.250. The maximum Gasteiger partial charge on any atom is 0.175 e. The number of rotatable bonds is 5.